The molecular weight excluding hydrogens is 540 g/mol. The van der Waals surface area contributed by atoms with Gasteiger partial charge in [0.2, 0.25) is 5.91 Å². The van der Waals surface area contributed by atoms with Crippen molar-refractivity contribution in [3.8, 4) is 0 Å². The van der Waals surface area contributed by atoms with Crippen molar-refractivity contribution in [2.24, 2.45) is 4.99 Å². The SMILES string of the molecule is CC(C)(C)NC(=O)Nc1ccc(C2=NC(CCc3ccccc3Br)C(=O)Nc3ccc(Cl)cc32)cc1. The molecule has 3 aromatic carbocycles. The van der Waals surface area contributed by atoms with E-state index in [1.165, 1.54) is 0 Å². The van der Waals surface area contributed by atoms with Gasteiger partial charge in [-0.25, -0.2) is 4.79 Å². The summed E-state index contributed by atoms with van der Waals surface area (Å²) in [7, 11) is 0. The lowest BCUT2D eigenvalue weighted by molar-refractivity contribution is -0.117. The van der Waals surface area contributed by atoms with Crippen LogP contribution in [0.2, 0.25) is 5.02 Å². The van der Waals surface area contributed by atoms with Gasteiger partial charge in [-0.2, -0.15) is 0 Å². The third-order valence-corrected chi connectivity index (χ3v) is 6.64. The highest BCUT2D eigenvalue weighted by Crippen LogP contribution is 2.29. The van der Waals surface area contributed by atoms with Crippen molar-refractivity contribution in [1.29, 1.82) is 0 Å². The van der Waals surface area contributed by atoms with Gasteiger partial charge in [-0.15, -0.1) is 0 Å². The van der Waals surface area contributed by atoms with E-state index in [1.807, 2.05) is 75.4 Å². The van der Waals surface area contributed by atoms with Crippen LogP contribution in [0.25, 0.3) is 0 Å². The Morgan fingerprint density at radius 2 is 1.81 bits per heavy atom. The fourth-order valence-corrected chi connectivity index (χ4v) is 4.61. The molecule has 3 aromatic rings. The number of nitrogens with one attached hydrogen (secondary N) is 3. The number of benzodiazepines with no additional fused rings is 1. The van der Waals surface area contributed by atoms with Gasteiger partial charge in [0.25, 0.3) is 0 Å². The molecule has 0 aromatic heterocycles. The summed E-state index contributed by atoms with van der Waals surface area (Å²) in [6.45, 7) is 5.76. The van der Waals surface area contributed by atoms with Crippen LogP contribution in [-0.2, 0) is 11.2 Å². The second-order valence-corrected chi connectivity index (χ2v) is 11.0. The van der Waals surface area contributed by atoms with E-state index in [2.05, 4.69) is 31.9 Å². The van der Waals surface area contributed by atoms with Crippen LogP contribution in [0.3, 0.4) is 0 Å². The first-order valence-electron chi connectivity index (χ1n) is 11.7. The van der Waals surface area contributed by atoms with Crippen LogP contribution >= 0.6 is 27.5 Å². The number of hydrogen-bond acceptors (Lipinski definition) is 3. The van der Waals surface area contributed by atoms with Crippen LogP contribution in [0, 0.1) is 0 Å². The largest absolute Gasteiger partial charge is 0.333 e. The summed E-state index contributed by atoms with van der Waals surface area (Å²) in [6, 6.07) is 19.9. The van der Waals surface area contributed by atoms with Gasteiger partial charge in [0.1, 0.15) is 6.04 Å². The van der Waals surface area contributed by atoms with E-state index < -0.39 is 6.04 Å². The number of aliphatic imine (C=N–C) groups is 1. The molecule has 0 radical (unpaired) electrons. The second kappa shape index (κ2) is 10.8. The molecule has 6 nitrogen and oxygen atoms in total. The molecule has 0 aliphatic carbocycles. The van der Waals surface area contributed by atoms with Crippen LogP contribution in [0.4, 0.5) is 16.2 Å². The van der Waals surface area contributed by atoms with E-state index in [0.717, 1.165) is 21.2 Å². The molecule has 0 bridgehead atoms. The third-order valence-electron chi connectivity index (χ3n) is 5.63. The molecule has 1 aliphatic heterocycles. The van der Waals surface area contributed by atoms with Gasteiger partial charge in [-0.1, -0.05) is 57.9 Å². The first-order valence-corrected chi connectivity index (χ1v) is 12.9. The summed E-state index contributed by atoms with van der Waals surface area (Å²) >= 11 is 9.91. The fraction of sp³-hybridized carbons (Fsp3) is 0.250. The minimum Gasteiger partial charge on any atom is -0.333 e. The van der Waals surface area contributed by atoms with E-state index in [9.17, 15) is 9.59 Å². The monoisotopic (exact) mass is 566 g/mol. The Morgan fingerprint density at radius 3 is 2.50 bits per heavy atom. The second-order valence-electron chi connectivity index (χ2n) is 9.71. The molecule has 0 saturated heterocycles. The summed E-state index contributed by atoms with van der Waals surface area (Å²) in [5.74, 6) is -0.155. The first-order chi connectivity index (χ1) is 17.1. The summed E-state index contributed by atoms with van der Waals surface area (Å²) in [5.41, 5.74) is 4.35. The maximum absolute atomic E-state index is 13.1. The van der Waals surface area contributed by atoms with Gasteiger partial charge >= 0.3 is 6.03 Å². The van der Waals surface area contributed by atoms with Crippen molar-refractivity contribution in [3.63, 3.8) is 0 Å². The molecule has 8 heteroatoms. The molecule has 1 unspecified atom stereocenters. The number of aryl methyl sites for hydroxylation is 1. The number of anilines is 2. The lowest BCUT2D eigenvalue weighted by Gasteiger charge is -2.20. The highest BCUT2D eigenvalue weighted by molar-refractivity contribution is 9.10. The zero-order valence-corrected chi connectivity index (χ0v) is 22.7. The number of amides is 3. The van der Waals surface area contributed by atoms with Gasteiger partial charge in [0.05, 0.1) is 11.4 Å². The van der Waals surface area contributed by atoms with Gasteiger partial charge in [-0.3, -0.25) is 9.79 Å². The van der Waals surface area contributed by atoms with Crippen LogP contribution in [0.1, 0.15) is 43.9 Å². The maximum Gasteiger partial charge on any atom is 0.319 e. The fourth-order valence-electron chi connectivity index (χ4n) is 3.95. The number of carbonyl (C=O) groups excluding carboxylic acids is 2. The smallest absolute Gasteiger partial charge is 0.319 e. The zero-order chi connectivity index (χ0) is 25.9. The van der Waals surface area contributed by atoms with Gasteiger partial charge in [-0.05, 0) is 75.6 Å². The van der Waals surface area contributed by atoms with Crippen molar-refractivity contribution in [3.05, 3.63) is 92.9 Å². The van der Waals surface area contributed by atoms with E-state index in [1.54, 1.807) is 12.1 Å². The zero-order valence-electron chi connectivity index (χ0n) is 20.4. The number of carbonyl (C=O) groups is 2. The number of rotatable bonds is 5. The number of fused-ring (bicyclic) bond motifs is 1. The van der Waals surface area contributed by atoms with Crippen LogP contribution in [0.15, 0.2) is 76.2 Å². The summed E-state index contributed by atoms with van der Waals surface area (Å²) in [6.07, 6.45) is 1.24. The topological polar surface area (TPSA) is 82.6 Å². The third kappa shape index (κ3) is 6.53. The Balaban J connectivity index is 1.64. The molecule has 3 N–H and O–H groups in total. The predicted octanol–water partition coefficient (Wildman–Crippen LogP) is 6.81. The molecule has 1 atom stereocenters. The molecule has 0 spiro atoms. The van der Waals surface area contributed by atoms with E-state index in [4.69, 9.17) is 16.6 Å². The van der Waals surface area contributed by atoms with Crippen molar-refractivity contribution < 1.29 is 9.59 Å². The summed E-state index contributed by atoms with van der Waals surface area (Å²) < 4.78 is 1.01. The molecular formula is C28H28BrClN4O2. The highest BCUT2D eigenvalue weighted by atomic mass is 79.9. The minimum atomic E-state index is -0.575. The van der Waals surface area contributed by atoms with Gasteiger partial charge < -0.3 is 16.0 Å². The maximum atomic E-state index is 13.1. The van der Waals surface area contributed by atoms with Crippen LogP contribution in [-0.4, -0.2) is 29.2 Å². The Hall–Kier alpha value is -3.16. The normalized spacial score (nSPS) is 15.3. The number of urea groups is 1. The summed E-state index contributed by atoms with van der Waals surface area (Å²) in [5, 5.41) is 9.30. The Morgan fingerprint density at radius 1 is 1.08 bits per heavy atom. The number of halogens is 2. The molecule has 1 heterocycles. The number of nitrogens with zero attached hydrogens (tertiary/aromatic N) is 1. The van der Waals surface area contributed by atoms with Crippen LogP contribution in [0.5, 0.6) is 0 Å². The quantitative estimate of drug-likeness (QED) is 0.316. The highest BCUT2D eigenvalue weighted by Gasteiger charge is 2.26. The molecule has 0 saturated carbocycles. The lowest BCUT2D eigenvalue weighted by Crippen LogP contribution is -2.43. The van der Waals surface area contributed by atoms with E-state index in [0.29, 0.717) is 35.0 Å². The summed E-state index contributed by atoms with van der Waals surface area (Å²) in [4.78, 5) is 30.3. The predicted molar refractivity (Wildman–Crippen MR) is 150 cm³/mol. The minimum absolute atomic E-state index is 0.155. The van der Waals surface area contributed by atoms with Crippen molar-refractivity contribution in [1.82, 2.24) is 5.32 Å². The number of hydrogen-bond donors (Lipinski definition) is 3. The Bertz CT molecular complexity index is 1320. The Kier molecular flexibility index (Phi) is 7.81. The van der Waals surface area contributed by atoms with Gasteiger partial charge in [0.15, 0.2) is 0 Å². The molecule has 1 aliphatic rings. The van der Waals surface area contributed by atoms with E-state index in [-0.39, 0.29) is 17.5 Å². The van der Waals surface area contributed by atoms with Crippen molar-refractivity contribution in [2.75, 3.05) is 10.6 Å². The first kappa shape index (κ1) is 25.9. The average molecular weight is 568 g/mol. The number of benzene rings is 3. The van der Waals surface area contributed by atoms with Gasteiger partial charge in [0, 0.05) is 31.8 Å². The molecule has 4 rings (SSSR count). The lowest BCUT2D eigenvalue weighted by atomic mass is 10.00. The Labute approximate surface area is 224 Å². The van der Waals surface area contributed by atoms with Crippen LogP contribution < -0.4 is 16.0 Å². The van der Waals surface area contributed by atoms with E-state index >= 15 is 0 Å². The average Bonchev–Trinajstić information content (AvgIpc) is 2.94. The van der Waals surface area contributed by atoms with Crippen molar-refractivity contribution in [2.45, 2.75) is 45.2 Å². The molecule has 0 fully saturated rings. The van der Waals surface area contributed by atoms with Crippen molar-refractivity contribution >= 4 is 56.6 Å². The standard InChI is InChI=1S/C28H28BrClN4O2/c1-28(2,3)34-27(36)31-20-12-8-18(9-13-20)25-21-16-19(30)11-15-23(21)33-26(35)24(32-25)14-10-17-6-4-5-7-22(17)29/h4-9,11-13,15-16,24H,10,14H2,1-3H3,(H,33,35)(H2,31,34,36). The molecule has 3 amide bonds. The molecule has 36 heavy (non-hydrogen) atoms. The molecule has 186 valence electrons.